The number of hydrogen-bond acceptors (Lipinski definition) is 3. The van der Waals surface area contributed by atoms with Crippen molar-refractivity contribution in [1.82, 2.24) is 0 Å². The van der Waals surface area contributed by atoms with Gasteiger partial charge in [0.05, 0.1) is 7.11 Å². The molecule has 2 atom stereocenters. The minimum atomic E-state index is 0.181. The number of fused-ring (bicyclic) bond motifs is 1. The van der Waals surface area contributed by atoms with Crippen molar-refractivity contribution in [3.63, 3.8) is 0 Å². The van der Waals surface area contributed by atoms with Crippen molar-refractivity contribution in [3.05, 3.63) is 23.3 Å². The highest BCUT2D eigenvalue weighted by Gasteiger charge is 2.22. The SMILES string of the molecule is CCC(N)Cc1cc2c(cc1OC)CC(C)O2. The van der Waals surface area contributed by atoms with Gasteiger partial charge in [-0.2, -0.15) is 0 Å². The second-order valence-electron chi connectivity index (χ2n) is 4.78. The van der Waals surface area contributed by atoms with E-state index in [4.69, 9.17) is 15.2 Å². The van der Waals surface area contributed by atoms with E-state index in [-0.39, 0.29) is 12.1 Å². The van der Waals surface area contributed by atoms with Crippen molar-refractivity contribution in [2.75, 3.05) is 7.11 Å². The Bertz CT molecular complexity index is 403. The minimum Gasteiger partial charge on any atom is -0.496 e. The van der Waals surface area contributed by atoms with E-state index < -0.39 is 0 Å². The van der Waals surface area contributed by atoms with E-state index in [0.29, 0.717) is 0 Å². The van der Waals surface area contributed by atoms with Crippen LogP contribution >= 0.6 is 0 Å². The van der Waals surface area contributed by atoms with Crippen LogP contribution in [0.5, 0.6) is 11.5 Å². The van der Waals surface area contributed by atoms with Gasteiger partial charge in [0.2, 0.25) is 0 Å². The van der Waals surface area contributed by atoms with Gasteiger partial charge in [0, 0.05) is 18.0 Å². The number of ether oxygens (including phenoxy) is 2. The number of hydrogen-bond donors (Lipinski definition) is 1. The fraction of sp³-hybridized carbons (Fsp3) is 0.571. The molecule has 1 aromatic rings. The Morgan fingerprint density at radius 3 is 2.94 bits per heavy atom. The highest BCUT2D eigenvalue weighted by atomic mass is 16.5. The number of rotatable bonds is 4. The average Bonchev–Trinajstić information content (AvgIpc) is 2.67. The third-order valence-corrected chi connectivity index (χ3v) is 3.31. The number of methoxy groups -OCH3 is 1. The van der Waals surface area contributed by atoms with Crippen LogP contribution in [0.25, 0.3) is 0 Å². The molecule has 1 aliphatic heterocycles. The molecule has 0 radical (unpaired) electrons. The molecule has 2 N–H and O–H groups in total. The molecule has 2 unspecified atom stereocenters. The normalized spacial score (nSPS) is 19.6. The van der Waals surface area contributed by atoms with Crippen LogP contribution in [0.15, 0.2) is 12.1 Å². The van der Waals surface area contributed by atoms with Crippen molar-refractivity contribution in [2.45, 2.75) is 45.3 Å². The third kappa shape index (κ3) is 2.55. The van der Waals surface area contributed by atoms with Crippen LogP contribution in [0.3, 0.4) is 0 Å². The van der Waals surface area contributed by atoms with Gasteiger partial charge in [0.25, 0.3) is 0 Å². The van der Waals surface area contributed by atoms with Gasteiger partial charge in [-0.1, -0.05) is 6.92 Å². The minimum absolute atomic E-state index is 0.181. The van der Waals surface area contributed by atoms with E-state index in [1.54, 1.807) is 7.11 Å². The van der Waals surface area contributed by atoms with Crippen LogP contribution in [-0.4, -0.2) is 19.3 Å². The quantitative estimate of drug-likeness (QED) is 0.871. The lowest BCUT2D eigenvalue weighted by Crippen LogP contribution is -2.21. The Labute approximate surface area is 103 Å². The second-order valence-corrected chi connectivity index (χ2v) is 4.78. The van der Waals surface area contributed by atoms with Crippen molar-refractivity contribution in [3.8, 4) is 11.5 Å². The lowest BCUT2D eigenvalue weighted by atomic mass is 10.0. The van der Waals surface area contributed by atoms with E-state index in [1.165, 1.54) is 5.56 Å². The summed E-state index contributed by atoms with van der Waals surface area (Å²) in [6.07, 6.45) is 3.04. The van der Waals surface area contributed by atoms with Gasteiger partial charge in [0.15, 0.2) is 0 Å². The topological polar surface area (TPSA) is 44.5 Å². The molecule has 0 saturated heterocycles. The van der Waals surface area contributed by atoms with Crippen LogP contribution < -0.4 is 15.2 Å². The lowest BCUT2D eigenvalue weighted by molar-refractivity contribution is 0.254. The zero-order valence-electron chi connectivity index (χ0n) is 10.8. The molecule has 17 heavy (non-hydrogen) atoms. The first-order chi connectivity index (χ1) is 8.13. The van der Waals surface area contributed by atoms with Gasteiger partial charge in [-0.25, -0.2) is 0 Å². The zero-order chi connectivity index (χ0) is 12.4. The van der Waals surface area contributed by atoms with Gasteiger partial charge in [-0.05, 0) is 37.5 Å². The molecule has 0 saturated carbocycles. The summed E-state index contributed by atoms with van der Waals surface area (Å²) in [5, 5.41) is 0. The molecule has 3 nitrogen and oxygen atoms in total. The molecule has 0 aromatic heterocycles. The van der Waals surface area contributed by atoms with E-state index in [1.807, 2.05) is 0 Å². The van der Waals surface area contributed by atoms with E-state index in [2.05, 4.69) is 26.0 Å². The summed E-state index contributed by atoms with van der Waals surface area (Å²) in [6, 6.07) is 4.37. The van der Waals surface area contributed by atoms with Crippen LogP contribution in [0.4, 0.5) is 0 Å². The molecular formula is C14H21NO2. The van der Waals surface area contributed by atoms with Crippen LogP contribution in [0, 0.1) is 0 Å². The maximum Gasteiger partial charge on any atom is 0.123 e. The Morgan fingerprint density at radius 2 is 2.29 bits per heavy atom. The van der Waals surface area contributed by atoms with Crippen LogP contribution in [-0.2, 0) is 12.8 Å². The monoisotopic (exact) mass is 235 g/mol. The number of nitrogens with two attached hydrogens (primary N) is 1. The van der Waals surface area contributed by atoms with Crippen molar-refractivity contribution < 1.29 is 9.47 Å². The van der Waals surface area contributed by atoms with Gasteiger partial charge < -0.3 is 15.2 Å². The lowest BCUT2D eigenvalue weighted by Gasteiger charge is -2.14. The molecule has 1 aromatic carbocycles. The molecule has 2 rings (SSSR count). The zero-order valence-corrected chi connectivity index (χ0v) is 10.8. The summed E-state index contributed by atoms with van der Waals surface area (Å²) in [4.78, 5) is 0. The summed E-state index contributed by atoms with van der Waals surface area (Å²) in [5.41, 5.74) is 8.39. The second kappa shape index (κ2) is 4.96. The maximum absolute atomic E-state index is 6.00. The highest BCUT2D eigenvalue weighted by molar-refractivity contribution is 5.49. The fourth-order valence-electron chi connectivity index (χ4n) is 2.26. The predicted molar refractivity (Wildman–Crippen MR) is 68.8 cm³/mol. The first kappa shape index (κ1) is 12.2. The standard InChI is InChI=1S/C14H21NO2/c1-4-12(15)6-11-8-14-10(5-9(2)17-14)7-13(11)16-3/h7-9,12H,4-6,15H2,1-3H3. The smallest absolute Gasteiger partial charge is 0.123 e. The average molecular weight is 235 g/mol. The Balaban J connectivity index is 2.29. The maximum atomic E-state index is 6.00. The first-order valence-corrected chi connectivity index (χ1v) is 6.26. The van der Waals surface area contributed by atoms with Crippen molar-refractivity contribution in [1.29, 1.82) is 0 Å². The van der Waals surface area contributed by atoms with Crippen molar-refractivity contribution in [2.24, 2.45) is 5.73 Å². The number of benzene rings is 1. The molecule has 1 heterocycles. The molecule has 0 fully saturated rings. The summed E-state index contributed by atoms with van der Waals surface area (Å²) in [7, 11) is 1.71. The van der Waals surface area contributed by atoms with E-state index in [9.17, 15) is 0 Å². The van der Waals surface area contributed by atoms with Gasteiger partial charge >= 0.3 is 0 Å². The summed E-state index contributed by atoms with van der Waals surface area (Å²) in [6.45, 7) is 4.19. The molecule has 1 aliphatic rings. The predicted octanol–water partition coefficient (Wildman–Crippen LogP) is 2.30. The summed E-state index contributed by atoms with van der Waals surface area (Å²) >= 11 is 0. The molecule has 0 amide bonds. The largest absolute Gasteiger partial charge is 0.496 e. The third-order valence-electron chi connectivity index (χ3n) is 3.31. The van der Waals surface area contributed by atoms with Gasteiger partial charge in [0.1, 0.15) is 17.6 Å². The molecule has 3 heteroatoms. The molecule has 94 valence electrons. The van der Waals surface area contributed by atoms with Gasteiger partial charge in [-0.15, -0.1) is 0 Å². The first-order valence-electron chi connectivity index (χ1n) is 6.26. The van der Waals surface area contributed by atoms with E-state index >= 15 is 0 Å². The Morgan fingerprint density at radius 1 is 1.53 bits per heavy atom. The van der Waals surface area contributed by atoms with Crippen LogP contribution in [0.2, 0.25) is 0 Å². The summed E-state index contributed by atoms with van der Waals surface area (Å²) < 4.78 is 11.2. The molecule has 0 bridgehead atoms. The van der Waals surface area contributed by atoms with Crippen molar-refractivity contribution >= 4 is 0 Å². The fourth-order valence-corrected chi connectivity index (χ4v) is 2.26. The van der Waals surface area contributed by atoms with E-state index in [0.717, 1.165) is 36.3 Å². The molecule has 0 spiro atoms. The molecular weight excluding hydrogens is 214 g/mol. The highest BCUT2D eigenvalue weighted by Crippen LogP contribution is 2.35. The molecule has 0 aliphatic carbocycles. The van der Waals surface area contributed by atoms with Crippen LogP contribution in [0.1, 0.15) is 31.4 Å². The van der Waals surface area contributed by atoms with Gasteiger partial charge in [-0.3, -0.25) is 0 Å². The summed E-state index contributed by atoms with van der Waals surface area (Å²) in [5.74, 6) is 1.93. The Hall–Kier alpha value is -1.22. The Kier molecular flexibility index (Phi) is 3.57.